The molecule has 1 amide bonds. The summed E-state index contributed by atoms with van der Waals surface area (Å²) >= 11 is 1.32. The molecule has 0 saturated heterocycles. The summed E-state index contributed by atoms with van der Waals surface area (Å²) in [4.78, 5) is 12.0. The number of amides is 1. The number of hydrogen-bond donors (Lipinski definition) is 1. The Balaban J connectivity index is 1.96. The quantitative estimate of drug-likeness (QED) is 0.860. The lowest BCUT2D eigenvalue weighted by Crippen LogP contribution is -2.22. The Kier molecular flexibility index (Phi) is 4.16. The zero-order valence-electron chi connectivity index (χ0n) is 11.0. The number of nitrogens with one attached hydrogen (secondary N) is 1. The Morgan fingerprint density at radius 2 is 2.05 bits per heavy atom. The summed E-state index contributed by atoms with van der Waals surface area (Å²) in [6.07, 6.45) is 0. The van der Waals surface area contributed by atoms with Crippen LogP contribution >= 0.6 is 11.8 Å². The average Bonchev–Trinajstić information content (AvgIpc) is 2.78. The van der Waals surface area contributed by atoms with Crippen molar-refractivity contribution >= 4 is 23.4 Å². The largest absolute Gasteiger partial charge is 0.325 e. The zero-order valence-corrected chi connectivity index (χ0v) is 11.8. The number of tetrazole rings is 1. The van der Waals surface area contributed by atoms with Crippen LogP contribution in [0.5, 0.6) is 0 Å². The Labute approximate surface area is 115 Å². The van der Waals surface area contributed by atoms with Crippen LogP contribution in [-0.2, 0) is 11.8 Å². The second-order valence-electron chi connectivity index (χ2n) is 4.20. The van der Waals surface area contributed by atoms with Crippen LogP contribution in [0.2, 0.25) is 0 Å². The van der Waals surface area contributed by atoms with Crippen molar-refractivity contribution in [3.8, 4) is 0 Å². The molecule has 7 heteroatoms. The van der Waals surface area contributed by atoms with E-state index in [1.807, 2.05) is 38.1 Å². The molecular formula is C12H15N5OS. The van der Waals surface area contributed by atoms with Crippen LogP contribution in [-0.4, -0.2) is 31.4 Å². The number of benzene rings is 1. The molecule has 19 heavy (non-hydrogen) atoms. The molecule has 1 unspecified atom stereocenters. The Morgan fingerprint density at radius 1 is 1.37 bits per heavy atom. The number of carbonyl (C=O) groups excluding carboxylic acids is 1. The monoisotopic (exact) mass is 277 g/mol. The van der Waals surface area contributed by atoms with Gasteiger partial charge in [-0.3, -0.25) is 4.79 Å². The molecule has 1 atom stereocenters. The fourth-order valence-electron chi connectivity index (χ4n) is 1.41. The first-order chi connectivity index (χ1) is 9.06. The molecule has 6 nitrogen and oxygen atoms in total. The molecule has 0 saturated carbocycles. The molecule has 1 N–H and O–H groups in total. The number of hydrogen-bond acceptors (Lipinski definition) is 5. The SMILES string of the molecule is Cc1ccc(NC(=O)C(C)Sc2nnnn2C)cc1. The summed E-state index contributed by atoms with van der Waals surface area (Å²) in [7, 11) is 1.74. The average molecular weight is 277 g/mol. The summed E-state index contributed by atoms with van der Waals surface area (Å²) in [5, 5.41) is 14.3. The maximum absolute atomic E-state index is 12.0. The molecular weight excluding hydrogens is 262 g/mol. The minimum Gasteiger partial charge on any atom is -0.325 e. The third kappa shape index (κ3) is 3.54. The number of anilines is 1. The van der Waals surface area contributed by atoms with Crippen molar-refractivity contribution in [1.29, 1.82) is 0 Å². The first kappa shape index (κ1) is 13.5. The molecule has 2 rings (SSSR count). The van der Waals surface area contributed by atoms with Gasteiger partial charge >= 0.3 is 0 Å². The van der Waals surface area contributed by atoms with Crippen LogP contribution in [0.4, 0.5) is 5.69 Å². The molecule has 0 fully saturated rings. The maximum Gasteiger partial charge on any atom is 0.237 e. The molecule has 2 aromatic rings. The normalized spacial score (nSPS) is 12.2. The van der Waals surface area contributed by atoms with Gasteiger partial charge in [0.1, 0.15) is 0 Å². The standard InChI is InChI=1S/C12H15N5OS/c1-8-4-6-10(7-5-8)13-11(18)9(2)19-12-14-15-16-17(12)3/h4-7,9H,1-3H3,(H,13,18). The molecule has 1 aromatic carbocycles. The van der Waals surface area contributed by atoms with Gasteiger partial charge in [0.05, 0.1) is 5.25 Å². The molecule has 1 aromatic heterocycles. The molecule has 0 spiro atoms. The molecule has 0 radical (unpaired) electrons. The van der Waals surface area contributed by atoms with Crippen LogP contribution in [0.15, 0.2) is 29.4 Å². The van der Waals surface area contributed by atoms with Gasteiger partial charge in [-0.05, 0) is 36.4 Å². The van der Waals surface area contributed by atoms with Crippen LogP contribution in [0.25, 0.3) is 0 Å². The van der Waals surface area contributed by atoms with E-state index in [1.165, 1.54) is 11.8 Å². The number of rotatable bonds is 4. The molecule has 0 aliphatic carbocycles. The van der Waals surface area contributed by atoms with E-state index < -0.39 is 0 Å². The lowest BCUT2D eigenvalue weighted by atomic mass is 10.2. The number of nitrogens with zero attached hydrogens (tertiary/aromatic N) is 4. The second kappa shape index (κ2) is 5.83. The van der Waals surface area contributed by atoms with Gasteiger partial charge in [0, 0.05) is 12.7 Å². The Bertz CT molecular complexity index is 566. The van der Waals surface area contributed by atoms with Gasteiger partial charge in [-0.15, -0.1) is 5.10 Å². The highest BCUT2D eigenvalue weighted by Gasteiger charge is 2.17. The van der Waals surface area contributed by atoms with Crippen molar-refractivity contribution in [3.63, 3.8) is 0 Å². The fraction of sp³-hybridized carbons (Fsp3) is 0.333. The maximum atomic E-state index is 12.0. The highest BCUT2D eigenvalue weighted by Crippen LogP contribution is 2.20. The molecule has 0 aliphatic heterocycles. The Hall–Kier alpha value is -1.89. The van der Waals surface area contributed by atoms with Crippen LogP contribution < -0.4 is 5.32 Å². The first-order valence-electron chi connectivity index (χ1n) is 5.83. The molecule has 1 heterocycles. The lowest BCUT2D eigenvalue weighted by Gasteiger charge is -2.10. The van der Waals surface area contributed by atoms with E-state index in [4.69, 9.17) is 0 Å². The third-order valence-electron chi connectivity index (χ3n) is 2.55. The van der Waals surface area contributed by atoms with Crippen LogP contribution in [0, 0.1) is 6.92 Å². The fourth-order valence-corrected chi connectivity index (χ4v) is 2.17. The van der Waals surface area contributed by atoms with E-state index in [-0.39, 0.29) is 11.2 Å². The smallest absolute Gasteiger partial charge is 0.237 e. The van der Waals surface area contributed by atoms with Crippen molar-refractivity contribution in [3.05, 3.63) is 29.8 Å². The van der Waals surface area contributed by atoms with Gasteiger partial charge in [-0.1, -0.05) is 29.5 Å². The second-order valence-corrected chi connectivity index (χ2v) is 5.51. The van der Waals surface area contributed by atoms with E-state index in [2.05, 4.69) is 20.8 Å². The van der Waals surface area contributed by atoms with E-state index in [1.54, 1.807) is 11.7 Å². The van der Waals surface area contributed by atoms with Gasteiger partial charge < -0.3 is 5.32 Å². The predicted molar refractivity (Wildman–Crippen MR) is 73.9 cm³/mol. The van der Waals surface area contributed by atoms with Crippen molar-refractivity contribution in [2.75, 3.05) is 5.32 Å². The van der Waals surface area contributed by atoms with E-state index >= 15 is 0 Å². The van der Waals surface area contributed by atoms with Crippen molar-refractivity contribution < 1.29 is 4.79 Å². The summed E-state index contributed by atoms with van der Waals surface area (Å²) in [5.41, 5.74) is 1.95. The van der Waals surface area contributed by atoms with Gasteiger partial charge in [0.15, 0.2) is 0 Å². The van der Waals surface area contributed by atoms with Crippen molar-refractivity contribution in [1.82, 2.24) is 20.2 Å². The van der Waals surface area contributed by atoms with Gasteiger partial charge in [-0.2, -0.15) is 0 Å². The van der Waals surface area contributed by atoms with Gasteiger partial charge in [0.2, 0.25) is 11.1 Å². The number of thioether (sulfide) groups is 1. The predicted octanol–water partition coefficient (Wildman–Crippen LogP) is 1.64. The van der Waals surface area contributed by atoms with Crippen molar-refractivity contribution in [2.45, 2.75) is 24.3 Å². The Morgan fingerprint density at radius 3 is 2.63 bits per heavy atom. The highest BCUT2D eigenvalue weighted by atomic mass is 32.2. The third-order valence-corrected chi connectivity index (χ3v) is 3.68. The zero-order chi connectivity index (χ0) is 13.8. The first-order valence-corrected chi connectivity index (χ1v) is 6.71. The van der Waals surface area contributed by atoms with Crippen molar-refractivity contribution in [2.24, 2.45) is 7.05 Å². The topological polar surface area (TPSA) is 72.7 Å². The summed E-state index contributed by atoms with van der Waals surface area (Å²) < 4.78 is 1.54. The molecule has 100 valence electrons. The molecule has 0 aliphatic rings. The van der Waals surface area contributed by atoms with Crippen LogP contribution in [0.1, 0.15) is 12.5 Å². The minimum absolute atomic E-state index is 0.0724. The number of aromatic nitrogens is 4. The summed E-state index contributed by atoms with van der Waals surface area (Å²) in [6.45, 7) is 3.83. The van der Waals surface area contributed by atoms with E-state index in [0.717, 1.165) is 11.3 Å². The lowest BCUT2D eigenvalue weighted by molar-refractivity contribution is -0.115. The number of aryl methyl sites for hydroxylation is 2. The van der Waals surface area contributed by atoms with E-state index in [0.29, 0.717) is 5.16 Å². The minimum atomic E-state index is -0.272. The summed E-state index contributed by atoms with van der Waals surface area (Å²) in [6, 6.07) is 7.68. The number of carbonyl (C=O) groups is 1. The van der Waals surface area contributed by atoms with E-state index in [9.17, 15) is 4.79 Å². The van der Waals surface area contributed by atoms with Crippen LogP contribution in [0.3, 0.4) is 0 Å². The van der Waals surface area contributed by atoms with Gasteiger partial charge in [-0.25, -0.2) is 4.68 Å². The summed E-state index contributed by atoms with van der Waals surface area (Å²) in [5.74, 6) is -0.0724. The molecule has 0 bridgehead atoms. The van der Waals surface area contributed by atoms with Gasteiger partial charge in [0.25, 0.3) is 0 Å². The highest BCUT2D eigenvalue weighted by molar-refractivity contribution is 8.00.